The zero-order chi connectivity index (χ0) is 12.8. The highest BCUT2D eigenvalue weighted by molar-refractivity contribution is 7.11. The fraction of sp³-hybridized carbons (Fsp3) is 0.500. The van der Waals surface area contributed by atoms with Gasteiger partial charge < -0.3 is 10.1 Å². The highest BCUT2D eigenvalue weighted by atomic mass is 32.1. The normalized spacial score (nSPS) is 11.9. The number of amides is 1. The van der Waals surface area contributed by atoms with Gasteiger partial charge in [0, 0.05) is 22.2 Å². The third kappa shape index (κ3) is 4.56. The largest absolute Gasteiger partial charge is 0.459 e. The molecule has 1 heterocycles. The second kappa shape index (κ2) is 6.39. The Morgan fingerprint density at radius 2 is 2.18 bits per heavy atom. The second-order valence-corrected chi connectivity index (χ2v) is 5.18. The van der Waals surface area contributed by atoms with Crippen LogP contribution in [0.25, 0.3) is 0 Å². The summed E-state index contributed by atoms with van der Waals surface area (Å²) in [6.45, 7) is 5.79. The van der Waals surface area contributed by atoms with Crippen molar-refractivity contribution < 1.29 is 14.3 Å². The summed E-state index contributed by atoms with van der Waals surface area (Å²) in [6.07, 6.45) is 0.726. The number of ether oxygens (including phenoxy) is 1. The van der Waals surface area contributed by atoms with Crippen molar-refractivity contribution in [2.75, 3.05) is 6.61 Å². The highest BCUT2D eigenvalue weighted by Gasteiger charge is 2.17. The topological polar surface area (TPSA) is 55.4 Å². The van der Waals surface area contributed by atoms with Crippen LogP contribution in [0.3, 0.4) is 0 Å². The van der Waals surface area contributed by atoms with Crippen LogP contribution in [0.15, 0.2) is 12.1 Å². The SMILES string of the molecule is CCOC(=O)C(=O)NC(C)Cc1ccc(C)s1. The van der Waals surface area contributed by atoms with Crippen LogP contribution >= 0.6 is 11.3 Å². The maximum Gasteiger partial charge on any atom is 0.396 e. The molecule has 4 nitrogen and oxygen atoms in total. The van der Waals surface area contributed by atoms with Crippen molar-refractivity contribution in [2.24, 2.45) is 0 Å². The van der Waals surface area contributed by atoms with Gasteiger partial charge in [0.1, 0.15) is 0 Å². The third-order valence-electron chi connectivity index (χ3n) is 2.14. The molecule has 0 spiro atoms. The first-order valence-corrected chi connectivity index (χ1v) is 6.37. The summed E-state index contributed by atoms with van der Waals surface area (Å²) >= 11 is 1.69. The van der Waals surface area contributed by atoms with Crippen LogP contribution in [0.5, 0.6) is 0 Å². The molecule has 1 amide bonds. The molecule has 0 fully saturated rings. The Morgan fingerprint density at radius 3 is 2.71 bits per heavy atom. The third-order valence-corrected chi connectivity index (χ3v) is 3.16. The molecule has 0 aliphatic heterocycles. The van der Waals surface area contributed by atoms with Gasteiger partial charge in [0.05, 0.1) is 6.61 Å². The van der Waals surface area contributed by atoms with E-state index < -0.39 is 11.9 Å². The number of hydrogen-bond acceptors (Lipinski definition) is 4. The Hall–Kier alpha value is -1.36. The number of rotatable bonds is 4. The number of esters is 1. The van der Waals surface area contributed by atoms with Crippen LogP contribution in [-0.2, 0) is 20.7 Å². The first kappa shape index (κ1) is 13.7. The van der Waals surface area contributed by atoms with Crippen LogP contribution in [-0.4, -0.2) is 24.5 Å². The van der Waals surface area contributed by atoms with Gasteiger partial charge in [-0.2, -0.15) is 0 Å². The number of carbonyl (C=O) groups is 2. The molecule has 5 heteroatoms. The van der Waals surface area contributed by atoms with Gasteiger partial charge in [-0.05, 0) is 32.9 Å². The zero-order valence-corrected chi connectivity index (χ0v) is 11.1. The summed E-state index contributed by atoms with van der Waals surface area (Å²) in [7, 11) is 0. The summed E-state index contributed by atoms with van der Waals surface area (Å²) in [6, 6.07) is 4.00. The Bertz CT molecular complexity index is 400. The predicted octanol–water partition coefficient (Wildman–Crippen LogP) is 1.67. The minimum absolute atomic E-state index is 0.0787. The summed E-state index contributed by atoms with van der Waals surface area (Å²) in [5.41, 5.74) is 0. The molecule has 0 bridgehead atoms. The molecule has 1 atom stereocenters. The fourth-order valence-electron chi connectivity index (χ4n) is 1.43. The van der Waals surface area contributed by atoms with Crippen molar-refractivity contribution in [3.63, 3.8) is 0 Å². The van der Waals surface area contributed by atoms with Gasteiger partial charge in [-0.3, -0.25) is 4.79 Å². The summed E-state index contributed by atoms with van der Waals surface area (Å²) in [4.78, 5) is 24.9. The molecular weight excluding hydrogens is 238 g/mol. The lowest BCUT2D eigenvalue weighted by Gasteiger charge is -2.11. The molecule has 17 heavy (non-hydrogen) atoms. The summed E-state index contributed by atoms with van der Waals surface area (Å²) in [5.74, 6) is -1.49. The Balaban J connectivity index is 2.41. The molecular formula is C12H17NO3S. The van der Waals surface area contributed by atoms with Crippen LogP contribution in [0, 0.1) is 6.92 Å². The van der Waals surface area contributed by atoms with Crippen LogP contribution in [0.1, 0.15) is 23.6 Å². The minimum Gasteiger partial charge on any atom is -0.459 e. The van der Waals surface area contributed by atoms with E-state index >= 15 is 0 Å². The molecule has 0 saturated heterocycles. The van der Waals surface area contributed by atoms with E-state index in [-0.39, 0.29) is 12.6 Å². The van der Waals surface area contributed by atoms with Crippen LogP contribution in [0.2, 0.25) is 0 Å². The van der Waals surface area contributed by atoms with Crippen molar-refractivity contribution >= 4 is 23.2 Å². The maximum atomic E-state index is 11.4. The molecule has 94 valence electrons. The van der Waals surface area contributed by atoms with E-state index in [0.717, 1.165) is 6.42 Å². The lowest BCUT2D eigenvalue weighted by molar-refractivity contribution is -0.154. The fourth-order valence-corrected chi connectivity index (χ4v) is 2.45. The quantitative estimate of drug-likeness (QED) is 0.657. The molecule has 1 unspecified atom stereocenters. The monoisotopic (exact) mass is 255 g/mol. The molecule has 1 aromatic rings. The molecule has 0 saturated carbocycles. The molecule has 1 rings (SSSR count). The number of nitrogens with one attached hydrogen (secondary N) is 1. The molecule has 0 aliphatic carbocycles. The van der Waals surface area contributed by atoms with E-state index in [0.29, 0.717) is 0 Å². The lowest BCUT2D eigenvalue weighted by atomic mass is 10.2. The van der Waals surface area contributed by atoms with Crippen LogP contribution in [0.4, 0.5) is 0 Å². The molecule has 1 aromatic heterocycles. The van der Waals surface area contributed by atoms with Crippen molar-refractivity contribution in [2.45, 2.75) is 33.2 Å². The first-order valence-electron chi connectivity index (χ1n) is 5.55. The van der Waals surface area contributed by atoms with Gasteiger partial charge in [0.15, 0.2) is 0 Å². The van der Waals surface area contributed by atoms with E-state index in [2.05, 4.69) is 10.1 Å². The Kier molecular flexibility index (Phi) is 5.15. The molecule has 0 radical (unpaired) electrons. The van der Waals surface area contributed by atoms with Gasteiger partial charge >= 0.3 is 11.9 Å². The van der Waals surface area contributed by atoms with Crippen molar-refractivity contribution in [1.82, 2.24) is 5.32 Å². The van der Waals surface area contributed by atoms with Gasteiger partial charge in [0.2, 0.25) is 0 Å². The summed E-state index contributed by atoms with van der Waals surface area (Å²) < 4.78 is 4.61. The highest BCUT2D eigenvalue weighted by Crippen LogP contribution is 2.16. The molecule has 1 N–H and O–H groups in total. The van der Waals surface area contributed by atoms with Gasteiger partial charge in [-0.25, -0.2) is 4.79 Å². The number of hydrogen-bond donors (Lipinski definition) is 1. The molecule has 0 aromatic carbocycles. The van der Waals surface area contributed by atoms with E-state index in [1.807, 2.05) is 26.0 Å². The van der Waals surface area contributed by atoms with Crippen molar-refractivity contribution in [3.05, 3.63) is 21.9 Å². The first-order chi connectivity index (χ1) is 8.02. The maximum absolute atomic E-state index is 11.4. The average molecular weight is 255 g/mol. The Labute approximate surface area is 105 Å². The second-order valence-electron chi connectivity index (χ2n) is 3.81. The average Bonchev–Trinajstić information content (AvgIpc) is 2.64. The van der Waals surface area contributed by atoms with E-state index in [9.17, 15) is 9.59 Å². The smallest absolute Gasteiger partial charge is 0.396 e. The number of aryl methyl sites for hydroxylation is 1. The Morgan fingerprint density at radius 1 is 1.47 bits per heavy atom. The zero-order valence-electron chi connectivity index (χ0n) is 10.3. The standard InChI is InChI=1S/C12H17NO3S/c1-4-16-12(15)11(14)13-8(2)7-10-6-5-9(3)17-10/h5-6,8H,4,7H2,1-3H3,(H,13,14). The van der Waals surface area contributed by atoms with Gasteiger partial charge in [-0.15, -0.1) is 11.3 Å². The van der Waals surface area contributed by atoms with E-state index in [4.69, 9.17) is 0 Å². The minimum atomic E-state index is -0.818. The lowest BCUT2D eigenvalue weighted by Crippen LogP contribution is -2.39. The van der Waals surface area contributed by atoms with E-state index in [1.54, 1.807) is 18.3 Å². The number of thiophene rings is 1. The van der Waals surface area contributed by atoms with Crippen LogP contribution < -0.4 is 5.32 Å². The van der Waals surface area contributed by atoms with Crippen molar-refractivity contribution in [1.29, 1.82) is 0 Å². The molecule has 0 aliphatic rings. The number of carbonyl (C=O) groups excluding carboxylic acids is 2. The van der Waals surface area contributed by atoms with Gasteiger partial charge in [0.25, 0.3) is 0 Å². The van der Waals surface area contributed by atoms with Crippen molar-refractivity contribution in [3.8, 4) is 0 Å². The predicted molar refractivity (Wildman–Crippen MR) is 67.0 cm³/mol. The van der Waals surface area contributed by atoms with Gasteiger partial charge in [-0.1, -0.05) is 0 Å². The summed E-state index contributed by atoms with van der Waals surface area (Å²) in [5, 5.41) is 2.62. The van der Waals surface area contributed by atoms with E-state index in [1.165, 1.54) is 9.75 Å².